The van der Waals surface area contributed by atoms with E-state index in [0.717, 1.165) is 19.1 Å². The van der Waals surface area contributed by atoms with E-state index in [9.17, 15) is 4.79 Å². The number of carboxylic acids is 1. The fraction of sp³-hybridized carbons (Fsp3) is 0.667. The molecule has 2 aliphatic heterocycles. The average Bonchev–Trinajstić information content (AvgIpc) is 3.47. The molecule has 0 aromatic heterocycles. The standard InChI is InChI=1S/C21H30N2O2/c24-20(25)8-11-22-12-9-21(10-13-22)14-18(17-4-2-1-3-5-17)15-23(16-21)19-6-7-19/h1-5,18-19H,6-16H2,(H,24,25)/t18-/m0/s1. The summed E-state index contributed by atoms with van der Waals surface area (Å²) in [5, 5.41) is 8.92. The number of nitrogens with zero attached hydrogens (tertiary/aromatic N) is 2. The minimum absolute atomic E-state index is 0.272. The second-order valence-corrected chi connectivity index (χ2v) is 8.46. The van der Waals surface area contributed by atoms with E-state index in [1.807, 2.05) is 0 Å². The Labute approximate surface area is 150 Å². The average molecular weight is 342 g/mol. The van der Waals surface area contributed by atoms with Crippen LogP contribution in [0.3, 0.4) is 0 Å². The third-order valence-electron chi connectivity index (χ3n) is 6.57. The Hall–Kier alpha value is -1.39. The van der Waals surface area contributed by atoms with Gasteiger partial charge in [0, 0.05) is 25.7 Å². The summed E-state index contributed by atoms with van der Waals surface area (Å²) in [6.45, 7) is 5.31. The monoisotopic (exact) mass is 342 g/mol. The minimum atomic E-state index is -0.679. The number of piperidine rings is 2. The number of hydrogen-bond donors (Lipinski definition) is 1. The molecule has 4 rings (SSSR count). The maximum atomic E-state index is 10.8. The molecule has 1 spiro atoms. The zero-order valence-corrected chi connectivity index (χ0v) is 15.1. The van der Waals surface area contributed by atoms with Crippen LogP contribution in [0.25, 0.3) is 0 Å². The first-order valence-electron chi connectivity index (χ1n) is 9.87. The Morgan fingerprint density at radius 2 is 1.88 bits per heavy atom. The number of hydrogen-bond acceptors (Lipinski definition) is 3. The lowest BCUT2D eigenvalue weighted by atomic mass is 9.68. The summed E-state index contributed by atoms with van der Waals surface area (Å²) < 4.78 is 0. The summed E-state index contributed by atoms with van der Waals surface area (Å²) in [4.78, 5) is 16.0. The topological polar surface area (TPSA) is 43.8 Å². The summed E-state index contributed by atoms with van der Waals surface area (Å²) in [7, 11) is 0. The quantitative estimate of drug-likeness (QED) is 0.892. The van der Waals surface area contributed by atoms with Crippen molar-refractivity contribution >= 4 is 5.97 Å². The Bertz CT molecular complexity index is 591. The molecule has 1 aliphatic carbocycles. The van der Waals surface area contributed by atoms with Crippen molar-refractivity contribution in [3.8, 4) is 0 Å². The van der Waals surface area contributed by atoms with Crippen LogP contribution >= 0.6 is 0 Å². The Kier molecular flexibility index (Phi) is 4.83. The van der Waals surface area contributed by atoms with Gasteiger partial charge in [-0.25, -0.2) is 0 Å². The van der Waals surface area contributed by atoms with Crippen molar-refractivity contribution in [3.05, 3.63) is 35.9 Å². The number of carboxylic acid groups (broad SMARTS) is 1. The van der Waals surface area contributed by atoms with Crippen LogP contribution in [0.5, 0.6) is 0 Å². The van der Waals surface area contributed by atoms with Crippen LogP contribution in [0.1, 0.15) is 50.0 Å². The van der Waals surface area contributed by atoms with E-state index in [-0.39, 0.29) is 6.42 Å². The number of benzene rings is 1. The SMILES string of the molecule is O=C(O)CCN1CCC2(CC1)C[C@H](c1ccccc1)CN(C1CC1)C2. The van der Waals surface area contributed by atoms with Crippen LogP contribution < -0.4 is 0 Å². The maximum absolute atomic E-state index is 10.8. The normalized spacial score (nSPS) is 27.4. The van der Waals surface area contributed by atoms with Gasteiger partial charge in [-0.05, 0) is 62.1 Å². The van der Waals surface area contributed by atoms with E-state index in [1.165, 1.54) is 50.8 Å². The molecule has 1 atom stereocenters. The van der Waals surface area contributed by atoms with Gasteiger partial charge in [0.2, 0.25) is 0 Å². The van der Waals surface area contributed by atoms with Crippen molar-refractivity contribution in [3.63, 3.8) is 0 Å². The summed E-state index contributed by atoms with van der Waals surface area (Å²) in [6, 6.07) is 11.9. The molecule has 136 valence electrons. The zero-order valence-electron chi connectivity index (χ0n) is 15.1. The molecular formula is C21H30N2O2. The highest BCUT2D eigenvalue weighted by atomic mass is 16.4. The van der Waals surface area contributed by atoms with E-state index in [1.54, 1.807) is 0 Å². The Balaban J connectivity index is 1.44. The predicted molar refractivity (Wildman–Crippen MR) is 98.8 cm³/mol. The molecule has 0 radical (unpaired) electrons. The molecule has 2 saturated heterocycles. The molecule has 25 heavy (non-hydrogen) atoms. The smallest absolute Gasteiger partial charge is 0.304 e. The molecule has 1 saturated carbocycles. The van der Waals surface area contributed by atoms with Gasteiger partial charge in [-0.15, -0.1) is 0 Å². The van der Waals surface area contributed by atoms with Gasteiger partial charge in [0.15, 0.2) is 0 Å². The number of carbonyl (C=O) groups is 1. The van der Waals surface area contributed by atoms with E-state index in [4.69, 9.17) is 5.11 Å². The summed E-state index contributed by atoms with van der Waals surface area (Å²) >= 11 is 0. The Morgan fingerprint density at radius 1 is 1.16 bits per heavy atom. The van der Waals surface area contributed by atoms with E-state index >= 15 is 0 Å². The van der Waals surface area contributed by atoms with E-state index in [0.29, 0.717) is 17.9 Å². The highest BCUT2D eigenvalue weighted by Gasteiger charge is 2.45. The van der Waals surface area contributed by atoms with E-state index in [2.05, 4.69) is 40.1 Å². The predicted octanol–water partition coefficient (Wildman–Crippen LogP) is 3.20. The molecule has 0 bridgehead atoms. The van der Waals surface area contributed by atoms with Crippen LogP contribution in [-0.4, -0.2) is 59.6 Å². The van der Waals surface area contributed by atoms with E-state index < -0.39 is 5.97 Å². The van der Waals surface area contributed by atoms with Crippen molar-refractivity contribution in [1.29, 1.82) is 0 Å². The van der Waals surface area contributed by atoms with Gasteiger partial charge >= 0.3 is 5.97 Å². The molecule has 4 nitrogen and oxygen atoms in total. The molecule has 1 aromatic carbocycles. The van der Waals surface area contributed by atoms with Crippen molar-refractivity contribution in [2.75, 3.05) is 32.7 Å². The molecule has 1 N–H and O–H groups in total. The first-order valence-corrected chi connectivity index (χ1v) is 9.87. The van der Waals surface area contributed by atoms with Crippen LogP contribution in [0.4, 0.5) is 0 Å². The van der Waals surface area contributed by atoms with Crippen molar-refractivity contribution < 1.29 is 9.90 Å². The Morgan fingerprint density at radius 3 is 2.52 bits per heavy atom. The van der Waals surface area contributed by atoms with Crippen molar-refractivity contribution in [2.45, 2.75) is 50.5 Å². The number of aliphatic carboxylic acids is 1. The first kappa shape index (κ1) is 17.0. The lowest BCUT2D eigenvalue weighted by Crippen LogP contribution is -2.52. The highest BCUT2D eigenvalue weighted by Crippen LogP contribution is 2.47. The number of rotatable bonds is 5. The lowest BCUT2D eigenvalue weighted by Gasteiger charge is -2.50. The number of likely N-dealkylation sites (tertiary alicyclic amines) is 2. The van der Waals surface area contributed by atoms with Gasteiger partial charge in [0.25, 0.3) is 0 Å². The van der Waals surface area contributed by atoms with Crippen molar-refractivity contribution in [1.82, 2.24) is 9.80 Å². The molecule has 0 amide bonds. The molecule has 3 fully saturated rings. The van der Waals surface area contributed by atoms with Crippen LogP contribution in [-0.2, 0) is 4.79 Å². The largest absolute Gasteiger partial charge is 0.481 e. The second-order valence-electron chi connectivity index (χ2n) is 8.46. The van der Waals surface area contributed by atoms with Gasteiger partial charge < -0.3 is 10.0 Å². The molecule has 0 unspecified atom stereocenters. The summed E-state index contributed by atoms with van der Waals surface area (Å²) in [6.07, 6.45) is 6.77. The molecule has 1 aromatic rings. The third kappa shape index (κ3) is 4.06. The first-order chi connectivity index (χ1) is 12.1. The van der Waals surface area contributed by atoms with Gasteiger partial charge in [0.1, 0.15) is 0 Å². The minimum Gasteiger partial charge on any atom is -0.481 e. The zero-order chi connectivity index (χ0) is 17.3. The fourth-order valence-electron chi connectivity index (χ4n) is 4.96. The molecular weight excluding hydrogens is 312 g/mol. The maximum Gasteiger partial charge on any atom is 0.304 e. The van der Waals surface area contributed by atoms with Crippen LogP contribution in [0, 0.1) is 5.41 Å². The van der Waals surface area contributed by atoms with Crippen LogP contribution in [0.2, 0.25) is 0 Å². The molecule has 4 heteroatoms. The summed E-state index contributed by atoms with van der Waals surface area (Å²) in [5.41, 5.74) is 1.93. The van der Waals surface area contributed by atoms with Gasteiger partial charge in [-0.2, -0.15) is 0 Å². The molecule has 3 aliphatic rings. The van der Waals surface area contributed by atoms with Gasteiger partial charge in [-0.3, -0.25) is 9.69 Å². The second kappa shape index (κ2) is 7.08. The van der Waals surface area contributed by atoms with Gasteiger partial charge in [0.05, 0.1) is 6.42 Å². The third-order valence-corrected chi connectivity index (χ3v) is 6.57. The lowest BCUT2D eigenvalue weighted by molar-refractivity contribution is -0.137. The van der Waals surface area contributed by atoms with Crippen LogP contribution in [0.15, 0.2) is 30.3 Å². The highest BCUT2D eigenvalue weighted by molar-refractivity contribution is 5.66. The van der Waals surface area contributed by atoms with Gasteiger partial charge in [-0.1, -0.05) is 30.3 Å². The summed E-state index contributed by atoms with van der Waals surface area (Å²) in [5.74, 6) is -0.0249. The van der Waals surface area contributed by atoms with Crippen molar-refractivity contribution in [2.24, 2.45) is 5.41 Å². The molecule has 2 heterocycles. The fourth-order valence-corrected chi connectivity index (χ4v) is 4.96.